The summed E-state index contributed by atoms with van der Waals surface area (Å²) in [6, 6.07) is 12.7. The smallest absolute Gasteiger partial charge is 0.410 e. The summed E-state index contributed by atoms with van der Waals surface area (Å²) in [6.45, 7) is 9.26. The molecule has 232 valence electrons. The van der Waals surface area contributed by atoms with Gasteiger partial charge in [-0.3, -0.25) is 9.52 Å². The fourth-order valence-corrected chi connectivity index (χ4v) is 7.87. The lowest BCUT2D eigenvalue weighted by molar-refractivity contribution is -0.124. The zero-order chi connectivity index (χ0) is 30.2. The van der Waals surface area contributed by atoms with Crippen molar-refractivity contribution in [2.75, 3.05) is 37.7 Å². The maximum atomic E-state index is 13.1. The number of aryl methyl sites for hydroxylation is 1. The predicted octanol–water partition coefficient (Wildman–Crippen LogP) is 7.38. The highest BCUT2D eigenvalue weighted by atomic mass is 35.5. The number of ether oxygens (including phenoxy) is 2. The van der Waals surface area contributed by atoms with Gasteiger partial charge in [0.2, 0.25) is 5.91 Å². The van der Waals surface area contributed by atoms with E-state index in [4.69, 9.17) is 21.1 Å². The molecule has 2 aromatic carbocycles. The standard InChI is InChI=1S/C34H44ClN3O4S/c1-33(2,3)42-32(40)37-16-13-24(14-17-37)31(39)36-43-27-10-12-30-29(19-27)38(20-23-6-4-7-23)21-34(22-41-30)15-5-8-25-18-26(35)9-11-28(25)34/h9-12,18-19,23-24H,4-8,13-17,20-22H2,1-3H3,(H,36,39). The van der Waals surface area contributed by atoms with Gasteiger partial charge in [0, 0.05) is 47.4 Å². The summed E-state index contributed by atoms with van der Waals surface area (Å²) in [5.41, 5.74) is 3.26. The summed E-state index contributed by atoms with van der Waals surface area (Å²) >= 11 is 7.77. The van der Waals surface area contributed by atoms with Crippen LogP contribution in [0.25, 0.3) is 0 Å². The number of rotatable bonds is 5. The second-order valence-electron chi connectivity index (χ2n) is 13.8. The molecular formula is C34H44ClN3O4S. The number of carbonyl (C=O) groups excluding carboxylic acids is 2. The largest absolute Gasteiger partial charge is 0.490 e. The molecule has 1 spiro atoms. The summed E-state index contributed by atoms with van der Waals surface area (Å²) in [5, 5.41) is 0.803. The number of nitrogens with one attached hydrogen (secondary N) is 1. The van der Waals surface area contributed by atoms with Crippen LogP contribution in [0, 0.1) is 11.8 Å². The molecule has 2 fully saturated rings. The van der Waals surface area contributed by atoms with E-state index < -0.39 is 5.60 Å². The minimum Gasteiger partial charge on any atom is -0.490 e. The molecule has 1 atom stereocenters. The monoisotopic (exact) mass is 625 g/mol. The first kappa shape index (κ1) is 30.4. The number of carbonyl (C=O) groups is 2. The molecule has 0 radical (unpaired) electrons. The number of amides is 2. The van der Waals surface area contributed by atoms with Gasteiger partial charge < -0.3 is 19.3 Å². The van der Waals surface area contributed by atoms with Crippen molar-refractivity contribution < 1.29 is 19.1 Å². The van der Waals surface area contributed by atoms with Crippen LogP contribution in [-0.4, -0.2) is 55.3 Å². The highest BCUT2D eigenvalue weighted by molar-refractivity contribution is 7.98. The van der Waals surface area contributed by atoms with Crippen LogP contribution in [0.2, 0.25) is 5.02 Å². The SMILES string of the molecule is CC(C)(C)OC(=O)N1CCC(C(=O)NSc2ccc3c(c2)N(CC2CCC2)CC2(CCCc4cc(Cl)ccc42)CO3)CC1. The molecule has 1 unspecified atom stereocenters. The van der Waals surface area contributed by atoms with Gasteiger partial charge in [0.25, 0.3) is 0 Å². The molecule has 9 heteroatoms. The zero-order valence-electron chi connectivity index (χ0n) is 25.6. The molecule has 0 aromatic heterocycles. The first-order valence-electron chi connectivity index (χ1n) is 15.8. The maximum Gasteiger partial charge on any atom is 0.410 e. The van der Waals surface area contributed by atoms with Crippen LogP contribution in [0.3, 0.4) is 0 Å². The number of fused-ring (bicyclic) bond motifs is 3. The Morgan fingerprint density at radius 1 is 1.09 bits per heavy atom. The Morgan fingerprint density at radius 3 is 2.60 bits per heavy atom. The van der Waals surface area contributed by atoms with Crippen LogP contribution < -0.4 is 14.4 Å². The van der Waals surface area contributed by atoms with Crippen molar-refractivity contribution in [1.82, 2.24) is 9.62 Å². The Hall–Kier alpha value is -2.58. The van der Waals surface area contributed by atoms with Crippen molar-refractivity contribution in [2.24, 2.45) is 11.8 Å². The Balaban J connectivity index is 1.14. The summed E-state index contributed by atoms with van der Waals surface area (Å²) in [4.78, 5) is 30.8. The van der Waals surface area contributed by atoms with E-state index in [1.807, 2.05) is 32.9 Å². The van der Waals surface area contributed by atoms with E-state index in [0.717, 1.165) is 53.7 Å². The van der Waals surface area contributed by atoms with E-state index in [2.05, 4.69) is 33.9 Å². The van der Waals surface area contributed by atoms with E-state index in [1.54, 1.807) is 4.90 Å². The zero-order valence-corrected chi connectivity index (χ0v) is 27.2. The van der Waals surface area contributed by atoms with Gasteiger partial charge >= 0.3 is 6.09 Å². The Morgan fingerprint density at radius 2 is 1.88 bits per heavy atom. The molecule has 1 saturated heterocycles. The van der Waals surface area contributed by atoms with Gasteiger partial charge in [0.05, 0.1) is 12.3 Å². The third-order valence-electron chi connectivity index (χ3n) is 9.50. The topological polar surface area (TPSA) is 71.1 Å². The van der Waals surface area contributed by atoms with Crippen molar-refractivity contribution in [2.45, 2.75) is 88.0 Å². The predicted molar refractivity (Wildman–Crippen MR) is 172 cm³/mol. The molecule has 6 rings (SSSR count). The summed E-state index contributed by atoms with van der Waals surface area (Å²) in [6.07, 6.45) is 8.13. The first-order chi connectivity index (χ1) is 20.6. The average Bonchev–Trinajstić information content (AvgIpc) is 3.10. The van der Waals surface area contributed by atoms with Gasteiger partial charge in [-0.15, -0.1) is 0 Å². The van der Waals surface area contributed by atoms with Crippen LogP contribution in [0.1, 0.15) is 76.8 Å². The quantitative estimate of drug-likeness (QED) is 0.350. The molecule has 2 aliphatic carbocycles. The number of halogens is 1. The Kier molecular flexibility index (Phi) is 8.80. The molecule has 4 aliphatic rings. The lowest BCUT2D eigenvalue weighted by Crippen LogP contribution is -2.47. The molecule has 43 heavy (non-hydrogen) atoms. The van der Waals surface area contributed by atoms with E-state index in [-0.39, 0.29) is 23.3 Å². The summed E-state index contributed by atoms with van der Waals surface area (Å²) in [7, 11) is 0. The lowest BCUT2D eigenvalue weighted by atomic mass is 9.70. The molecule has 1 saturated carbocycles. The van der Waals surface area contributed by atoms with Gasteiger partial charge in [-0.05, 0) is 125 Å². The van der Waals surface area contributed by atoms with E-state index >= 15 is 0 Å². The normalized spacial score (nSPS) is 22.6. The van der Waals surface area contributed by atoms with Crippen molar-refractivity contribution in [3.63, 3.8) is 0 Å². The number of anilines is 1. The number of likely N-dealkylation sites (tertiary alicyclic amines) is 1. The molecule has 2 heterocycles. The third kappa shape index (κ3) is 6.90. The highest BCUT2D eigenvalue weighted by Crippen LogP contribution is 2.46. The lowest BCUT2D eigenvalue weighted by Gasteiger charge is -2.42. The molecule has 2 aliphatic heterocycles. The third-order valence-corrected chi connectivity index (χ3v) is 10.5. The summed E-state index contributed by atoms with van der Waals surface area (Å²) < 4.78 is 15.2. The molecular weight excluding hydrogens is 582 g/mol. The highest BCUT2D eigenvalue weighted by Gasteiger charge is 2.42. The summed E-state index contributed by atoms with van der Waals surface area (Å²) in [5.74, 6) is 1.52. The fourth-order valence-electron chi connectivity index (χ4n) is 6.99. The molecule has 2 amide bonds. The van der Waals surface area contributed by atoms with Crippen molar-refractivity contribution in [3.8, 4) is 5.75 Å². The van der Waals surface area contributed by atoms with Crippen LogP contribution in [0.15, 0.2) is 41.3 Å². The Labute approximate surface area is 265 Å². The minimum atomic E-state index is -0.524. The minimum absolute atomic E-state index is 0.0165. The average molecular weight is 626 g/mol. The van der Waals surface area contributed by atoms with Crippen LogP contribution in [0.4, 0.5) is 10.5 Å². The maximum absolute atomic E-state index is 13.1. The first-order valence-corrected chi connectivity index (χ1v) is 17.0. The van der Waals surface area contributed by atoms with Gasteiger partial charge in [-0.1, -0.05) is 24.1 Å². The van der Waals surface area contributed by atoms with Gasteiger partial charge in [-0.25, -0.2) is 4.79 Å². The fraction of sp³-hybridized carbons (Fsp3) is 0.588. The number of benzene rings is 2. The molecule has 7 nitrogen and oxygen atoms in total. The molecule has 0 bridgehead atoms. The molecule has 2 aromatic rings. The number of hydrogen-bond donors (Lipinski definition) is 1. The number of piperidine rings is 1. The molecule has 1 N–H and O–H groups in total. The number of hydrogen-bond acceptors (Lipinski definition) is 6. The van der Waals surface area contributed by atoms with Crippen molar-refractivity contribution in [3.05, 3.63) is 52.5 Å². The Bertz CT molecular complexity index is 1350. The van der Waals surface area contributed by atoms with E-state index in [1.165, 1.54) is 42.3 Å². The van der Waals surface area contributed by atoms with Gasteiger partial charge in [0.15, 0.2) is 0 Å². The van der Waals surface area contributed by atoms with Gasteiger partial charge in [0.1, 0.15) is 11.4 Å². The number of nitrogens with zero attached hydrogens (tertiary/aromatic N) is 2. The van der Waals surface area contributed by atoms with Crippen LogP contribution in [0.5, 0.6) is 5.75 Å². The van der Waals surface area contributed by atoms with Crippen molar-refractivity contribution in [1.29, 1.82) is 0 Å². The van der Waals surface area contributed by atoms with E-state index in [0.29, 0.717) is 38.5 Å². The second kappa shape index (κ2) is 12.4. The second-order valence-corrected chi connectivity index (χ2v) is 15.2. The van der Waals surface area contributed by atoms with Crippen LogP contribution >= 0.6 is 23.5 Å². The van der Waals surface area contributed by atoms with Gasteiger partial charge in [-0.2, -0.15) is 0 Å². The van der Waals surface area contributed by atoms with E-state index in [9.17, 15) is 9.59 Å². The van der Waals surface area contributed by atoms with Crippen LogP contribution in [-0.2, 0) is 21.4 Å². The van der Waals surface area contributed by atoms with Crippen molar-refractivity contribution >= 4 is 41.2 Å².